The van der Waals surface area contributed by atoms with Gasteiger partial charge in [-0.3, -0.25) is 9.59 Å². The molecule has 0 rings (SSSR count). The first-order valence-corrected chi connectivity index (χ1v) is 3.39. The molecule has 0 aliphatic carbocycles. The molecule has 0 aliphatic rings. The first-order chi connectivity index (χ1) is 6.31. The van der Waals surface area contributed by atoms with E-state index in [1.807, 2.05) is 0 Å². The number of hydrogen-bond acceptors (Lipinski definition) is 6. The molecule has 0 aliphatic heterocycles. The molecule has 0 spiro atoms. The third-order valence-corrected chi connectivity index (χ3v) is 1.41. The summed E-state index contributed by atoms with van der Waals surface area (Å²) in [6, 6.07) is 0. The molecule has 0 aromatic heterocycles. The van der Waals surface area contributed by atoms with Crippen LogP contribution in [0.5, 0.6) is 0 Å². The Kier molecular flexibility index (Phi) is 3.99. The summed E-state index contributed by atoms with van der Waals surface area (Å²) < 4.78 is 0. The topological polar surface area (TPSA) is 147 Å². The SMILES string of the molecule is NOC(=O)CC(O)(CC(=O)O)C(=O)O. The van der Waals surface area contributed by atoms with Crippen LogP contribution in [0.1, 0.15) is 12.8 Å². The lowest BCUT2D eigenvalue weighted by Crippen LogP contribution is -2.43. The molecular weight excluding hydrogens is 198 g/mol. The summed E-state index contributed by atoms with van der Waals surface area (Å²) in [5.41, 5.74) is -2.69. The van der Waals surface area contributed by atoms with Gasteiger partial charge in [0.2, 0.25) is 0 Å². The summed E-state index contributed by atoms with van der Waals surface area (Å²) in [4.78, 5) is 34.8. The van der Waals surface area contributed by atoms with Crippen LogP contribution in [-0.2, 0) is 19.2 Å². The number of nitrogens with two attached hydrogens (primary N) is 1. The quantitative estimate of drug-likeness (QED) is 0.381. The van der Waals surface area contributed by atoms with Crippen LogP contribution >= 0.6 is 0 Å². The average molecular weight is 207 g/mol. The van der Waals surface area contributed by atoms with Gasteiger partial charge in [-0.1, -0.05) is 0 Å². The van der Waals surface area contributed by atoms with Gasteiger partial charge >= 0.3 is 17.9 Å². The van der Waals surface area contributed by atoms with Crippen molar-refractivity contribution in [2.45, 2.75) is 18.4 Å². The lowest BCUT2D eigenvalue weighted by Gasteiger charge is -2.19. The molecular formula is C6H9NO7. The normalized spacial score (nSPS) is 14.1. The van der Waals surface area contributed by atoms with Crippen molar-refractivity contribution >= 4 is 17.9 Å². The van der Waals surface area contributed by atoms with Gasteiger partial charge in [0.25, 0.3) is 0 Å². The molecule has 1 unspecified atom stereocenters. The van der Waals surface area contributed by atoms with Crippen LogP contribution in [0.2, 0.25) is 0 Å². The van der Waals surface area contributed by atoms with E-state index in [9.17, 15) is 19.5 Å². The zero-order chi connectivity index (χ0) is 11.4. The number of carboxylic acids is 2. The molecule has 14 heavy (non-hydrogen) atoms. The Bertz CT molecular complexity index is 263. The first kappa shape index (κ1) is 12.3. The van der Waals surface area contributed by atoms with Gasteiger partial charge in [0.15, 0.2) is 5.60 Å². The Labute approximate surface area is 77.8 Å². The Morgan fingerprint density at radius 1 is 1.21 bits per heavy atom. The number of carbonyl (C=O) groups is 3. The lowest BCUT2D eigenvalue weighted by molar-refractivity contribution is -0.172. The summed E-state index contributed by atoms with van der Waals surface area (Å²) in [7, 11) is 0. The molecule has 8 nitrogen and oxygen atoms in total. The van der Waals surface area contributed by atoms with Gasteiger partial charge in [-0.2, -0.15) is 5.90 Å². The van der Waals surface area contributed by atoms with E-state index in [1.165, 1.54) is 0 Å². The Morgan fingerprint density at radius 3 is 2.00 bits per heavy atom. The highest BCUT2D eigenvalue weighted by atomic mass is 16.7. The first-order valence-electron chi connectivity index (χ1n) is 3.39. The molecule has 0 saturated carbocycles. The second kappa shape index (κ2) is 4.53. The van der Waals surface area contributed by atoms with Gasteiger partial charge in [0.05, 0.1) is 12.8 Å². The van der Waals surface area contributed by atoms with Crippen molar-refractivity contribution in [1.29, 1.82) is 0 Å². The molecule has 80 valence electrons. The van der Waals surface area contributed by atoms with Gasteiger partial charge in [0, 0.05) is 0 Å². The fraction of sp³-hybridized carbons (Fsp3) is 0.500. The fourth-order valence-corrected chi connectivity index (χ4v) is 0.744. The maximum Gasteiger partial charge on any atom is 0.336 e. The van der Waals surface area contributed by atoms with E-state index in [1.54, 1.807) is 0 Å². The molecule has 0 radical (unpaired) electrons. The minimum absolute atomic E-state index is 1.02. The summed E-state index contributed by atoms with van der Waals surface area (Å²) in [6.45, 7) is 0. The zero-order valence-corrected chi connectivity index (χ0v) is 6.97. The highest BCUT2D eigenvalue weighted by Crippen LogP contribution is 2.16. The molecule has 0 aromatic rings. The molecule has 0 bridgehead atoms. The predicted octanol–water partition coefficient (Wildman–Crippen LogP) is -1.92. The molecule has 1 atom stereocenters. The van der Waals surface area contributed by atoms with Crippen LogP contribution < -0.4 is 5.90 Å². The van der Waals surface area contributed by atoms with Crippen LogP contribution in [-0.4, -0.2) is 38.8 Å². The third kappa shape index (κ3) is 3.37. The van der Waals surface area contributed by atoms with Crippen LogP contribution in [0.15, 0.2) is 0 Å². The van der Waals surface area contributed by atoms with Crippen molar-refractivity contribution in [3.05, 3.63) is 0 Å². The number of aliphatic hydroxyl groups is 1. The number of aliphatic carboxylic acids is 2. The molecule has 0 fully saturated rings. The van der Waals surface area contributed by atoms with Crippen molar-refractivity contribution in [3.8, 4) is 0 Å². The van der Waals surface area contributed by atoms with E-state index in [4.69, 9.17) is 10.2 Å². The van der Waals surface area contributed by atoms with Crippen molar-refractivity contribution in [2.24, 2.45) is 5.90 Å². The van der Waals surface area contributed by atoms with Crippen molar-refractivity contribution in [1.82, 2.24) is 0 Å². The molecule has 0 amide bonds. The second-order valence-electron chi connectivity index (χ2n) is 2.57. The molecule has 8 heteroatoms. The summed E-state index contributed by atoms with van der Waals surface area (Å²) >= 11 is 0. The summed E-state index contributed by atoms with van der Waals surface area (Å²) in [5.74, 6) is -0.187. The van der Waals surface area contributed by atoms with E-state index >= 15 is 0 Å². The molecule has 0 aromatic carbocycles. The lowest BCUT2D eigenvalue weighted by atomic mass is 9.96. The van der Waals surface area contributed by atoms with Crippen LogP contribution in [0, 0.1) is 0 Å². The molecule has 5 N–H and O–H groups in total. The minimum atomic E-state index is -2.69. The summed E-state index contributed by atoms with van der Waals surface area (Å²) in [5, 5.41) is 26.0. The van der Waals surface area contributed by atoms with E-state index in [-0.39, 0.29) is 0 Å². The highest BCUT2D eigenvalue weighted by molar-refractivity contribution is 5.88. The third-order valence-electron chi connectivity index (χ3n) is 1.41. The number of rotatable bonds is 5. The highest BCUT2D eigenvalue weighted by Gasteiger charge is 2.41. The molecule has 0 saturated heterocycles. The molecule has 0 heterocycles. The largest absolute Gasteiger partial charge is 0.481 e. The van der Waals surface area contributed by atoms with Gasteiger partial charge in [-0.15, -0.1) is 0 Å². The summed E-state index contributed by atoms with van der Waals surface area (Å²) in [6.07, 6.45) is -2.14. The maximum absolute atomic E-state index is 10.5. The number of hydrogen-bond donors (Lipinski definition) is 4. The van der Waals surface area contributed by atoms with E-state index in [2.05, 4.69) is 10.7 Å². The monoisotopic (exact) mass is 207 g/mol. The van der Waals surface area contributed by atoms with Crippen LogP contribution in [0.3, 0.4) is 0 Å². The van der Waals surface area contributed by atoms with Crippen LogP contribution in [0.25, 0.3) is 0 Å². The van der Waals surface area contributed by atoms with Gasteiger partial charge in [-0.05, 0) is 0 Å². The predicted molar refractivity (Wildman–Crippen MR) is 39.7 cm³/mol. The smallest absolute Gasteiger partial charge is 0.336 e. The van der Waals surface area contributed by atoms with Gasteiger partial charge < -0.3 is 20.2 Å². The standard InChI is InChI=1S/C6H9NO7/c7-14-4(10)2-6(13,5(11)12)1-3(8)9/h13H,1-2,7H2,(H,8,9)(H,11,12). The van der Waals surface area contributed by atoms with Crippen molar-refractivity contribution in [3.63, 3.8) is 0 Å². The van der Waals surface area contributed by atoms with Gasteiger partial charge in [0.1, 0.15) is 0 Å². The second-order valence-corrected chi connectivity index (χ2v) is 2.57. The minimum Gasteiger partial charge on any atom is -0.481 e. The average Bonchev–Trinajstić information content (AvgIpc) is 2.02. The van der Waals surface area contributed by atoms with E-state index in [0.29, 0.717) is 0 Å². The Morgan fingerprint density at radius 2 is 1.71 bits per heavy atom. The maximum atomic E-state index is 10.5. The van der Waals surface area contributed by atoms with E-state index in [0.717, 1.165) is 0 Å². The zero-order valence-electron chi connectivity index (χ0n) is 6.97. The number of carboxylic acid groups (broad SMARTS) is 2. The van der Waals surface area contributed by atoms with Crippen molar-refractivity contribution < 1.29 is 34.5 Å². The number of carbonyl (C=O) groups excluding carboxylic acids is 1. The Balaban J connectivity index is 4.63. The van der Waals surface area contributed by atoms with Crippen LogP contribution in [0.4, 0.5) is 0 Å². The Hall–Kier alpha value is -1.67. The fourth-order valence-electron chi connectivity index (χ4n) is 0.744. The van der Waals surface area contributed by atoms with Crippen molar-refractivity contribution in [2.75, 3.05) is 0 Å². The van der Waals surface area contributed by atoms with E-state index < -0.39 is 36.4 Å². The van der Waals surface area contributed by atoms with Gasteiger partial charge in [-0.25, -0.2) is 4.79 Å².